The van der Waals surface area contributed by atoms with E-state index in [-0.39, 0.29) is 0 Å². The summed E-state index contributed by atoms with van der Waals surface area (Å²) < 4.78 is 0. The van der Waals surface area contributed by atoms with Crippen LogP contribution < -0.4 is 10.2 Å². The maximum atomic E-state index is 10.1. The molecule has 0 aliphatic rings. The second kappa shape index (κ2) is 3.67. The van der Waals surface area contributed by atoms with E-state index in [1.54, 1.807) is 0 Å². The van der Waals surface area contributed by atoms with Crippen molar-refractivity contribution in [2.75, 3.05) is 0 Å². The fraction of sp³-hybridized carbons (Fsp3) is 0.400. The molecule has 6 heteroatoms. The average molecular weight is 160 g/mol. The normalized spacial score (nSPS) is 12.1. The molecular weight excluding hydrogens is 156 g/mol. The van der Waals surface area contributed by atoms with E-state index in [2.05, 4.69) is 0 Å². The number of carbonyl (C=O) groups excluding carboxylic acids is 3. The number of carboxylic acids is 2. The monoisotopic (exact) mass is 160 g/mol. The molecule has 1 N–H and O–H groups in total. The molecule has 0 radical (unpaired) electrons. The van der Waals surface area contributed by atoms with Gasteiger partial charge < -0.3 is 24.9 Å². The van der Waals surface area contributed by atoms with Gasteiger partial charge in [-0.3, -0.25) is 4.79 Å². The molecule has 0 unspecified atom stereocenters. The minimum Gasteiger partial charge on any atom is -0.547 e. The van der Waals surface area contributed by atoms with Gasteiger partial charge in [0.05, 0.1) is 5.97 Å². The van der Waals surface area contributed by atoms with E-state index in [9.17, 15) is 24.6 Å². The summed E-state index contributed by atoms with van der Waals surface area (Å²) in [6, 6.07) is 0. The van der Waals surface area contributed by atoms with Crippen LogP contribution >= 0.6 is 0 Å². The number of aliphatic hydroxyl groups excluding tert-OH is 1. The van der Waals surface area contributed by atoms with Gasteiger partial charge in [0, 0.05) is 6.42 Å². The zero-order valence-electron chi connectivity index (χ0n) is 5.27. The number of carboxylic acid groups (broad SMARTS) is 2. The highest BCUT2D eigenvalue weighted by molar-refractivity contribution is 6.32. The van der Waals surface area contributed by atoms with Crippen molar-refractivity contribution in [1.29, 1.82) is 0 Å². The van der Waals surface area contributed by atoms with Crippen molar-refractivity contribution in [3.8, 4) is 0 Å². The number of hydrogen-bond donors (Lipinski definition) is 1. The Morgan fingerprint density at radius 1 is 1.27 bits per heavy atom. The Morgan fingerprint density at radius 3 is 2.00 bits per heavy atom. The molecule has 0 aromatic heterocycles. The van der Waals surface area contributed by atoms with Gasteiger partial charge in [-0.25, -0.2) is 0 Å². The Kier molecular flexibility index (Phi) is 3.19. The van der Waals surface area contributed by atoms with Gasteiger partial charge in [0.25, 0.3) is 0 Å². The summed E-state index contributed by atoms with van der Waals surface area (Å²) in [6.07, 6.45) is -3.11. The van der Waals surface area contributed by atoms with E-state index in [0.29, 0.717) is 0 Å². The molecule has 0 rings (SSSR count). The van der Waals surface area contributed by atoms with Crippen LogP contribution in [0.1, 0.15) is 6.42 Å². The lowest BCUT2D eigenvalue weighted by atomic mass is 10.2. The molecule has 0 saturated heterocycles. The van der Waals surface area contributed by atoms with Gasteiger partial charge in [-0.05, 0) is 0 Å². The number of hydrogen-bond acceptors (Lipinski definition) is 6. The molecule has 0 aromatic rings. The van der Waals surface area contributed by atoms with Crippen LogP contribution in [-0.4, -0.2) is 28.9 Å². The highest BCUT2D eigenvalue weighted by Crippen LogP contribution is 1.90. The summed E-state index contributed by atoms with van der Waals surface area (Å²) in [4.78, 5) is 29.5. The summed E-state index contributed by atoms with van der Waals surface area (Å²) in [6.45, 7) is 0. The van der Waals surface area contributed by atoms with Gasteiger partial charge >= 0.3 is 0 Å². The molecule has 62 valence electrons. The van der Waals surface area contributed by atoms with E-state index < -0.39 is 30.2 Å². The third-order valence-corrected chi connectivity index (χ3v) is 0.878. The Bertz CT molecular complexity index is 195. The van der Waals surface area contributed by atoms with Crippen molar-refractivity contribution >= 4 is 17.7 Å². The Morgan fingerprint density at radius 2 is 1.73 bits per heavy atom. The van der Waals surface area contributed by atoms with Crippen LogP contribution in [0.5, 0.6) is 0 Å². The molecule has 0 saturated carbocycles. The van der Waals surface area contributed by atoms with Gasteiger partial charge in [-0.15, -0.1) is 0 Å². The van der Waals surface area contributed by atoms with Crippen LogP contribution in [-0.2, 0) is 14.4 Å². The third-order valence-electron chi connectivity index (χ3n) is 0.878. The van der Waals surface area contributed by atoms with Crippen molar-refractivity contribution in [3.63, 3.8) is 0 Å². The number of carbonyl (C=O) groups is 3. The molecule has 0 heterocycles. The summed E-state index contributed by atoms with van der Waals surface area (Å²) in [5.74, 6) is -5.38. The van der Waals surface area contributed by atoms with Crippen LogP contribution in [0.4, 0.5) is 0 Å². The van der Waals surface area contributed by atoms with Gasteiger partial charge in [0.2, 0.25) is 0 Å². The maximum Gasteiger partial charge on any atom is 0.181 e. The van der Waals surface area contributed by atoms with E-state index in [1.807, 2.05) is 0 Å². The fourth-order valence-corrected chi connectivity index (χ4v) is 0.342. The quantitative estimate of drug-likeness (QED) is 0.416. The first-order chi connectivity index (χ1) is 4.95. The molecular formula is C5H4O6-2. The first kappa shape index (κ1) is 9.57. The third kappa shape index (κ3) is 3.31. The van der Waals surface area contributed by atoms with E-state index in [0.717, 1.165) is 0 Å². The summed E-state index contributed by atoms with van der Waals surface area (Å²) >= 11 is 0. The van der Waals surface area contributed by atoms with Crippen molar-refractivity contribution in [2.45, 2.75) is 12.5 Å². The average Bonchev–Trinajstić information content (AvgIpc) is 1.87. The molecule has 11 heavy (non-hydrogen) atoms. The molecule has 1 atom stereocenters. The zero-order chi connectivity index (χ0) is 9.02. The lowest BCUT2D eigenvalue weighted by Gasteiger charge is -2.09. The van der Waals surface area contributed by atoms with E-state index >= 15 is 0 Å². The SMILES string of the molecule is O=C([O-])C(=O)C[C@H](O)C(=O)[O-]. The number of aliphatic carboxylic acids is 2. The number of aliphatic hydroxyl groups is 1. The van der Waals surface area contributed by atoms with Crippen molar-refractivity contribution in [1.82, 2.24) is 0 Å². The fourth-order valence-electron chi connectivity index (χ4n) is 0.342. The number of ketones is 1. The standard InChI is InChI=1S/C5H6O6/c6-2(4(8)9)1-3(7)5(10)11/h2,6H,1H2,(H,8,9)(H,10,11)/p-2/t2-/m0/s1. The van der Waals surface area contributed by atoms with Crippen LogP contribution in [0.15, 0.2) is 0 Å². The summed E-state index contributed by atoms with van der Waals surface area (Å²) in [5, 5.41) is 27.8. The van der Waals surface area contributed by atoms with Crippen molar-refractivity contribution < 1.29 is 29.7 Å². The highest BCUT2D eigenvalue weighted by Gasteiger charge is 2.11. The van der Waals surface area contributed by atoms with Crippen LogP contribution in [0, 0.1) is 0 Å². The molecule has 0 amide bonds. The molecule has 6 nitrogen and oxygen atoms in total. The predicted octanol–water partition coefficient (Wildman–Crippen LogP) is -4.19. The van der Waals surface area contributed by atoms with E-state index in [1.165, 1.54) is 0 Å². The second-order valence-corrected chi connectivity index (χ2v) is 1.75. The Labute approximate surface area is 61.1 Å². The molecule has 0 fully saturated rings. The second-order valence-electron chi connectivity index (χ2n) is 1.75. The minimum absolute atomic E-state index is 1.02. The maximum absolute atomic E-state index is 10.1. The topological polar surface area (TPSA) is 118 Å². The van der Waals surface area contributed by atoms with Gasteiger partial charge in [-0.2, -0.15) is 0 Å². The Balaban J connectivity index is 3.95. The van der Waals surface area contributed by atoms with Crippen LogP contribution in [0.3, 0.4) is 0 Å². The number of rotatable bonds is 4. The lowest BCUT2D eigenvalue weighted by molar-refractivity contribution is -0.315. The molecule has 0 spiro atoms. The molecule has 0 bridgehead atoms. The first-order valence-electron chi connectivity index (χ1n) is 2.58. The smallest absolute Gasteiger partial charge is 0.181 e. The highest BCUT2D eigenvalue weighted by atomic mass is 16.4. The van der Waals surface area contributed by atoms with E-state index in [4.69, 9.17) is 5.11 Å². The summed E-state index contributed by atoms with van der Waals surface area (Å²) in [7, 11) is 0. The lowest BCUT2D eigenvalue weighted by Crippen LogP contribution is -2.40. The molecule has 0 aliphatic heterocycles. The first-order valence-corrected chi connectivity index (χ1v) is 2.58. The number of Topliss-reactive ketones (excluding diaryl/α,β-unsaturated/α-hetero) is 1. The van der Waals surface area contributed by atoms with Gasteiger partial charge in [0.15, 0.2) is 5.78 Å². The Hall–Kier alpha value is -1.43. The summed E-state index contributed by atoms with van der Waals surface area (Å²) in [5.41, 5.74) is 0. The molecule has 0 aliphatic carbocycles. The van der Waals surface area contributed by atoms with Gasteiger partial charge in [-0.1, -0.05) is 0 Å². The molecule has 0 aromatic carbocycles. The van der Waals surface area contributed by atoms with Crippen molar-refractivity contribution in [2.24, 2.45) is 0 Å². The minimum atomic E-state index is -2.08. The van der Waals surface area contributed by atoms with Crippen LogP contribution in [0.2, 0.25) is 0 Å². The predicted molar refractivity (Wildman–Crippen MR) is 25.6 cm³/mol. The largest absolute Gasteiger partial charge is 0.547 e. The van der Waals surface area contributed by atoms with Gasteiger partial charge in [0.1, 0.15) is 12.1 Å². The van der Waals surface area contributed by atoms with Crippen molar-refractivity contribution in [3.05, 3.63) is 0 Å². The zero-order valence-corrected chi connectivity index (χ0v) is 5.27. The van der Waals surface area contributed by atoms with Crippen LogP contribution in [0.25, 0.3) is 0 Å².